The molecule has 0 aromatic heterocycles. The van der Waals surface area contributed by atoms with Crippen molar-refractivity contribution in [1.29, 1.82) is 0 Å². The highest BCUT2D eigenvalue weighted by molar-refractivity contribution is 7.84. The third-order valence-electron chi connectivity index (χ3n) is 4.72. The highest BCUT2D eigenvalue weighted by atomic mass is 32.2. The molecule has 1 unspecified atom stereocenters. The summed E-state index contributed by atoms with van der Waals surface area (Å²) in [6.45, 7) is 8.99. The Kier molecular flexibility index (Phi) is 6.78. The summed E-state index contributed by atoms with van der Waals surface area (Å²) >= 11 is 0. The van der Waals surface area contributed by atoms with Crippen LogP contribution in [0, 0.1) is 0 Å². The zero-order valence-electron chi connectivity index (χ0n) is 17.3. The largest absolute Gasteiger partial charge is 0.415 e. The lowest BCUT2D eigenvalue weighted by Gasteiger charge is -2.36. The number of alkyl halides is 3. The fourth-order valence-corrected chi connectivity index (χ4v) is 3.23. The normalized spacial score (nSPS) is 13.9. The number of benzene rings is 2. The molecule has 0 spiro atoms. The second-order valence-corrected chi connectivity index (χ2v) is 9.22. The van der Waals surface area contributed by atoms with Crippen LogP contribution in [0.5, 0.6) is 0 Å². The number of hydrogen-bond acceptors (Lipinski definition) is 2. The molecule has 0 heterocycles. The van der Waals surface area contributed by atoms with Crippen molar-refractivity contribution in [3.8, 4) is 11.1 Å². The van der Waals surface area contributed by atoms with Crippen LogP contribution in [-0.4, -0.2) is 34.1 Å². The molecule has 0 bridgehead atoms. The summed E-state index contributed by atoms with van der Waals surface area (Å²) < 4.78 is 51.0. The van der Waals surface area contributed by atoms with Gasteiger partial charge < -0.3 is 4.90 Å². The molecule has 2 aromatic carbocycles. The Morgan fingerprint density at radius 1 is 1.03 bits per heavy atom. The van der Waals surface area contributed by atoms with Gasteiger partial charge >= 0.3 is 6.18 Å². The van der Waals surface area contributed by atoms with Gasteiger partial charge in [0.1, 0.15) is 0 Å². The monoisotopic (exact) mass is 421 g/mol. The van der Waals surface area contributed by atoms with E-state index >= 15 is 0 Å². The fraction of sp³-hybridized carbons (Fsp3) is 0.304. The molecule has 0 aliphatic carbocycles. The summed E-state index contributed by atoms with van der Waals surface area (Å²) in [5.41, 5.74) is 1.62. The van der Waals surface area contributed by atoms with Crippen LogP contribution in [0.1, 0.15) is 26.3 Å². The van der Waals surface area contributed by atoms with E-state index in [9.17, 15) is 17.4 Å². The van der Waals surface area contributed by atoms with Gasteiger partial charge in [0.05, 0.1) is 5.57 Å². The Labute approximate surface area is 173 Å². The maximum atomic E-state index is 13.1. The predicted octanol–water partition coefficient (Wildman–Crippen LogP) is 6.28. The van der Waals surface area contributed by atoms with Crippen molar-refractivity contribution < 1.29 is 17.4 Å². The maximum absolute atomic E-state index is 13.1. The quantitative estimate of drug-likeness (QED) is 0.530. The summed E-state index contributed by atoms with van der Waals surface area (Å²) in [5.74, 6) is 0. The number of nitrogens with zero attached hydrogens (tertiary/aromatic N) is 1. The molecule has 2 aromatic rings. The summed E-state index contributed by atoms with van der Waals surface area (Å²) in [7, 11) is 0.679. The second-order valence-electron chi connectivity index (χ2n) is 7.84. The minimum absolute atomic E-state index is 0.379. The van der Waals surface area contributed by atoms with Gasteiger partial charge in [-0.2, -0.15) is 13.2 Å². The molecule has 2 rings (SSSR count). The van der Waals surface area contributed by atoms with Gasteiger partial charge in [-0.25, -0.2) is 0 Å². The topological polar surface area (TPSA) is 20.3 Å². The van der Waals surface area contributed by atoms with Crippen molar-refractivity contribution in [3.05, 3.63) is 72.3 Å². The van der Waals surface area contributed by atoms with Crippen LogP contribution in [0.3, 0.4) is 0 Å². The van der Waals surface area contributed by atoms with Crippen LogP contribution in [-0.2, 0) is 10.8 Å². The van der Waals surface area contributed by atoms with E-state index in [1.165, 1.54) is 0 Å². The molecular formula is C23H26F3NOS. The lowest BCUT2D eigenvalue weighted by atomic mass is 9.98. The minimum Gasteiger partial charge on any atom is -0.369 e. The van der Waals surface area contributed by atoms with Crippen LogP contribution in [0.25, 0.3) is 16.8 Å². The summed E-state index contributed by atoms with van der Waals surface area (Å²) in [5, 5.41) is 0. The van der Waals surface area contributed by atoms with Gasteiger partial charge in [0.25, 0.3) is 0 Å². The standard InChI is InChI=1S/C23H26F3NOS/c1-16(23(24,25)26)14-21(27(5)22(2,3)4)18-12-10-17(11-13-18)19-8-7-9-20(15-19)29(6)28/h7-15H,1H2,2-6H3/b21-14-. The van der Waals surface area contributed by atoms with Crippen LogP contribution in [0.15, 0.2) is 71.7 Å². The van der Waals surface area contributed by atoms with E-state index in [-0.39, 0.29) is 5.54 Å². The number of halogens is 3. The SMILES string of the molecule is C=C(/C=C(/c1ccc(-c2cccc(S(C)=O)c2)cc1)N(C)C(C)(C)C)C(F)(F)F. The van der Waals surface area contributed by atoms with Crippen molar-refractivity contribution >= 4 is 16.5 Å². The van der Waals surface area contributed by atoms with E-state index in [0.717, 1.165) is 22.1 Å². The first-order chi connectivity index (χ1) is 13.3. The van der Waals surface area contributed by atoms with Crippen LogP contribution in [0.4, 0.5) is 13.2 Å². The van der Waals surface area contributed by atoms with Gasteiger partial charge in [0, 0.05) is 40.2 Å². The van der Waals surface area contributed by atoms with Gasteiger partial charge in [-0.05, 0) is 55.7 Å². The minimum atomic E-state index is -4.49. The zero-order chi connectivity index (χ0) is 22.0. The Hall–Kier alpha value is -2.34. The molecular weight excluding hydrogens is 395 g/mol. The molecule has 2 nitrogen and oxygen atoms in total. The van der Waals surface area contributed by atoms with Crippen molar-refractivity contribution in [1.82, 2.24) is 4.90 Å². The number of hydrogen-bond donors (Lipinski definition) is 0. The highest BCUT2D eigenvalue weighted by Gasteiger charge is 2.32. The number of rotatable bonds is 5. The molecule has 0 radical (unpaired) electrons. The number of allylic oxidation sites excluding steroid dienone is 2. The lowest BCUT2D eigenvalue weighted by Crippen LogP contribution is -2.36. The third kappa shape index (κ3) is 5.82. The molecule has 6 heteroatoms. The van der Waals surface area contributed by atoms with E-state index in [1.807, 2.05) is 51.1 Å². The summed E-state index contributed by atoms with van der Waals surface area (Å²) in [6.07, 6.45) is -1.78. The molecule has 0 aliphatic rings. The third-order valence-corrected chi connectivity index (χ3v) is 5.64. The van der Waals surface area contributed by atoms with Gasteiger partial charge in [-0.15, -0.1) is 0 Å². The first kappa shape index (κ1) is 22.9. The molecule has 0 fully saturated rings. The lowest BCUT2D eigenvalue weighted by molar-refractivity contribution is -0.0878. The second kappa shape index (κ2) is 8.57. The molecule has 29 heavy (non-hydrogen) atoms. The van der Waals surface area contributed by atoms with E-state index in [4.69, 9.17) is 0 Å². The van der Waals surface area contributed by atoms with E-state index in [1.54, 1.807) is 36.4 Å². The van der Waals surface area contributed by atoms with Crippen molar-refractivity contribution in [2.45, 2.75) is 37.4 Å². The molecule has 0 N–H and O–H groups in total. The molecule has 1 atom stereocenters. The highest BCUT2D eigenvalue weighted by Crippen LogP contribution is 2.33. The van der Waals surface area contributed by atoms with Crippen LogP contribution in [0.2, 0.25) is 0 Å². The van der Waals surface area contributed by atoms with Gasteiger partial charge in [0.2, 0.25) is 0 Å². The van der Waals surface area contributed by atoms with Gasteiger partial charge in [-0.3, -0.25) is 4.21 Å². The molecule has 0 aliphatic heterocycles. The zero-order valence-corrected chi connectivity index (χ0v) is 18.1. The first-order valence-electron chi connectivity index (χ1n) is 9.06. The Bertz CT molecular complexity index is 938. The molecule has 0 saturated heterocycles. The van der Waals surface area contributed by atoms with Crippen molar-refractivity contribution in [2.24, 2.45) is 0 Å². The van der Waals surface area contributed by atoms with E-state index in [0.29, 0.717) is 11.3 Å². The van der Waals surface area contributed by atoms with Crippen molar-refractivity contribution in [2.75, 3.05) is 13.3 Å². The Balaban J connectivity index is 2.48. The first-order valence-corrected chi connectivity index (χ1v) is 10.6. The molecule has 0 saturated carbocycles. The van der Waals surface area contributed by atoms with Crippen LogP contribution < -0.4 is 0 Å². The van der Waals surface area contributed by atoms with Gasteiger partial charge in [-0.1, -0.05) is 43.0 Å². The smallest absolute Gasteiger partial charge is 0.369 e. The molecule has 156 valence electrons. The average molecular weight is 422 g/mol. The maximum Gasteiger partial charge on any atom is 0.415 e. The van der Waals surface area contributed by atoms with Crippen LogP contribution >= 0.6 is 0 Å². The van der Waals surface area contributed by atoms with E-state index in [2.05, 4.69) is 6.58 Å². The summed E-state index contributed by atoms with van der Waals surface area (Å²) in [6, 6.07) is 14.7. The van der Waals surface area contributed by atoms with Crippen molar-refractivity contribution in [3.63, 3.8) is 0 Å². The average Bonchev–Trinajstić information content (AvgIpc) is 2.64. The summed E-state index contributed by atoms with van der Waals surface area (Å²) in [4.78, 5) is 2.53. The van der Waals surface area contributed by atoms with Gasteiger partial charge in [0.15, 0.2) is 0 Å². The Morgan fingerprint density at radius 3 is 2.10 bits per heavy atom. The fourth-order valence-electron chi connectivity index (χ4n) is 2.67. The Morgan fingerprint density at radius 2 is 1.62 bits per heavy atom. The van der Waals surface area contributed by atoms with E-state index < -0.39 is 22.5 Å². The molecule has 0 amide bonds. The predicted molar refractivity (Wildman–Crippen MR) is 115 cm³/mol.